The molecule has 0 aliphatic heterocycles. The van der Waals surface area contributed by atoms with Gasteiger partial charge in [0.05, 0.1) is 5.56 Å². The Hall–Kier alpha value is -1.79. The van der Waals surface area contributed by atoms with Gasteiger partial charge in [-0.1, -0.05) is 36.4 Å². The summed E-state index contributed by atoms with van der Waals surface area (Å²) in [5.41, 5.74) is 3.23. The zero-order chi connectivity index (χ0) is 13.7. The minimum absolute atomic E-state index is 0.119. The molecule has 0 N–H and O–H groups in total. The van der Waals surface area contributed by atoms with Crippen LogP contribution in [0.2, 0.25) is 0 Å². The first kappa shape index (κ1) is 13.6. The Kier molecular flexibility index (Phi) is 4.59. The van der Waals surface area contributed by atoms with Crippen LogP contribution < -0.4 is 0 Å². The predicted octanol–water partition coefficient (Wildman–Crippen LogP) is 4.44. The van der Waals surface area contributed by atoms with E-state index < -0.39 is 0 Å². The topological polar surface area (TPSA) is 23.8 Å². The number of nitriles is 1. The molecule has 0 fully saturated rings. The predicted molar refractivity (Wildman–Crippen MR) is 77.3 cm³/mol. The van der Waals surface area contributed by atoms with Crippen molar-refractivity contribution >= 4 is 11.8 Å². The number of benzene rings is 2. The number of hydrogen-bond acceptors (Lipinski definition) is 2. The number of nitrogens with zero attached hydrogens (tertiary/aromatic N) is 1. The van der Waals surface area contributed by atoms with Crippen LogP contribution in [-0.4, -0.2) is 0 Å². The van der Waals surface area contributed by atoms with Crippen molar-refractivity contribution in [2.75, 3.05) is 0 Å². The molecule has 0 radical (unpaired) electrons. The molecule has 0 saturated heterocycles. The maximum absolute atomic E-state index is 13.8. The summed E-state index contributed by atoms with van der Waals surface area (Å²) in [5, 5.41) is 8.79. The van der Waals surface area contributed by atoms with Crippen LogP contribution in [0, 0.1) is 24.1 Å². The molecule has 0 aliphatic carbocycles. The Balaban J connectivity index is 2.01. The van der Waals surface area contributed by atoms with E-state index in [1.54, 1.807) is 23.9 Å². The van der Waals surface area contributed by atoms with Gasteiger partial charge < -0.3 is 0 Å². The van der Waals surface area contributed by atoms with E-state index in [1.165, 1.54) is 17.2 Å². The molecule has 0 bridgehead atoms. The number of rotatable bonds is 4. The van der Waals surface area contributed by atoms with Crippen LogP contribution in [0.5, 0.6) is 0 Å². The molecular weight excluding hydrogens is 257 g/mol. The van der Waals surface area contributed by atoms with E-state index in [-0.39, 0.29) is 11.4 Å². The van der Waals surface area contributed by atoms with Crippen molar-refractivity contribution in [2.24, 2.45) is 0 Å². The van der Waals surface area contributed by atoms with Crippen molar-refractivity contribution in [3.05, 3.63) is 70.5 Å². The Morgan fingerprint density at radius 1 is 1.05 bits per heavy atom. The molecule has 0 aliphatic rings. The van der Waals surface area contributed by atoms with Crippen molar-refractivity contribution in [1.29, 1.82) is 5.26 Å². The van der Waals surface area contributed by atoms with Crippen LogP contribution >= 0.6 is 11.8 Å². The molecule has 0 unspecified atom stereocenters. The second-order valence-electron chi connectivity index (χ2n) is 4.31. The second-order valence-corrected chi connectivity index (χ2v) is 5.30. The summed E-state index contributed by atoms with van der Waals surface area (Å²) < 4.78 is 13.8. The highest BCUT2D eigenvalue weighted by molar-refractivity contribution is 7.97. The minimum Gasteiger partial charge on any atom is -0.205 e. The molecule has 0 saturated carbocycles. The lowest BCUT2D eigenvalue weighted by molar-refractivity contribution is 0.613. The molecule has 0 heterocycles. The van der Waals surface area contributed by atoms with Gasteiger partial charge in [-0.2, -0.15) is 17.0 Å². The quantitative estimate of drug-likeness (QED) is 0.821. The highest BCUT2D eigenvalue weighted by Gasteiger charge is 2.07. The van der Waals surface area contributed by atoms with Crippen LogP contribution in [0.1, 0.15) is 22.3 Å². The van der Waals surface area contributed by atoms with Crippen molar-refractivity contribution in [3.63, 3.8) is 0 Å². The zero-order valence-electron chi connectivity index (χ0n) is 10.7. The van der Waals surface area contributed by atoms with Gasteiger partial charge >= 0.3 is 0 Å². The molecule has 2 aromatic carbocycles. The van der Waals surface area contributed by atoms with E-state index in [2.05, 4.69) is 19.1 Å². The number of aryl methyl sites for hydroxylation is 1. The minimum atomic E-state index is -0.387. The Labute approximate surface area is 117 Å². The SMILES string of the molecule is Cc1ccccc1CSCc1cccc(C#N)c1F. The van der Waals surface area contributed by atoms with Crippen LogP contribution in [-0.2, 0) is 11.5 Å². The van der Waals surface area contributed by atoms with Gasteiger partial charge in [-0.15, -0.1) is 0 Å². The monoisotopic (exact) mass is 271 g/mol. The first-order valence-electron chi connectivity index (χ1n) is 6.02. The van der Waals surface area contributed by atoms with Crippen LogP contribution in [0.15, 0.2) is 42.5 Å². The molecule has 96 valence electrons. The lowest BCUT2D eigenvalue weighted by Gasteiger charge is -2.06. The molecule has 1 nitrogen and oxygen atoms in total. The van der Waals surface area contributed by atoms with Crippen molar-refractivity contribution in [1.82, 2.24) is 0 Å². The summed E-state index contributed by atoms with van der Waals surface area (Å²) in [6, 6.07) is 15.0. The normalized spacial score (nSPS) is 10.2. The highest BCUT2D eigenvalue weighted by atomic mass is 32.2. The van der Waals surface area contributed by atoms with Gasteiger partial charge in [0.25, 0.3) is 0 Å². The summed E-state index contributed by atoms with van der Waals surface area (Å²) in [6.45, 7) is 2.08. The third-order valence-electron chi connectivity index (χ3n) is 2.98. The van der Waals surface area contributed by atoms with Crippen molar-refractivity contribution in [2.45, 2.75) is 18.4 Å². The summed E-state index contributed by atoms with van der Waals surface area (Å²) in [7, 11) is 0. The molecule has 19 heavy (non-hydrogen) atoms. The van der Waals surface area contributed by atoms with Crippen LogP contribution in [0.3, 0.4) is 0 Å². The lowest BCUT2D eigenvalue weighted by atomic mass is 10.1. The average molecular weight is 271 g/mol. The van der Waals surface area contributed by atoms with Gasteiger partial charge in [0.1, 0.15) is 11.9 Å². The molecule has 2 rings (SSSR count). The fourth-order valence-electron chi connectivity index (χ4n) is 1.82. The van der Waals surface area contributed by atoms with Gasteiger partial charge in [0.2, 0.25) is 0 Å². The van der Waals surface area contributed by atoms with E-state index in [4.69, 9.17) is 5.26 Å². The van der Waals surface area contributed by atoms with Crippen LogP contribution in [0.4, 0.5) is 4.39 Å². The molecule has 0 amide bonds. The Morgan fingerprint density at radius 3 is 2.47 bits per heavy atom. The smallest absolute Gasteiger partial charge is 0.144 e. The van der Waals surface area contributed by atoms with E-state index in [9.17, 15) is 4.39 Å². The number of halogens is 1. The maximum atomic E-state index is 13.8. The van der Waals surface area contributed by atoms with E-state index in [1.807, 2.05) is 18.2 Å². The van der Waals surface area contributed by atoms with Gasteiger partial charge in [0.15, 0.2) is 0 Å². The molecule has 0 spiro atoms. The lowest BCUT2D eigenvalue weighted by Crippen LogP contribution is -1.93. The first-order chi connectivity index (χ1) is 9.22. The molecule has 2 aromatic rings. The number of hydrogen-bond donors (Lipinski definition) is 0. The van der Waals surface area contributed by atoms with E-state index >= 15 is 0 Å². The maximum Gasteiger partial charge on any atom is 0.144 e. The molecule has 0 atom stereocenters. The van der Waals surface area contributed by atoms with Crippen molar-refractivity contribution < 1.29 is 4.39 Å². The highest BCUT2D eigenvalue weighted by Crippen LogP contribution is 2.22. The summed E-state index contributed by atoms with van der Waals surface area (Å²) in [5.74, 6) is 1.04. The van der Waals surface area contributed by atoms with Gasteiger partial charge in [-0.05, 0) is 29.7 Å². The number of thioether (sulfide) groups is 1. The third-order valence-corrected chi connectivity index (χ3v) is 4.01. The summed E-state index contributed by atoms with van der Waals surface area (Å²) in [4.78, 5) is 0. The van der Waals surface area contributed by atoms with Gasteiger partial charge in [0, 0.05) is 11.5 Å². The third kappa shape index (κ3) is 3.36. The fourth-order valence-corrected chi connectivity index (χ4v) is 2.91. The van der Waals surface area contributed by atoms with Crippen LogP contribution in [0.25, 0.3) is 0 Å². The van der Waals surface area contributed by atoms with Gasteiger partial charge in [-0.25, -0.2) is 4.39 Å². The van der Waals surface area contributed by atoms with E-state index in [0.29, 0.717) is 11.3 Å². The fraction of sp³-hybridized carbons (Fsp3) is 0.188. The second kappa shape index (κ2) is 6.40. The Bertz CT molecular complexity index is 616. The van der Waals surface area contributed by atoms with E-state index in [0.717, 1.165) is 5.75 Å². The summed E-state index contributed by atoms with van der Waals surface area (Å²) >= 11 is 1.66. The van der Waals surface area contributed by atoms with Gasteiger partial charge in [-0.3, -0.25) is 0 Å². The molecular formula is C16H14FNS. The summed E-state index contributed by atoms with van der Waals surface area (Å²) in [6.07, 6.45) is 0. The largest absolute Gasteiger partial charge is 0.205 e. The standard InChI is InChI=1S/C16H14FNS/c1-12-5-2-3-6-14(12)10-19-11-15-8-4-7-13(9-18)16(15)17/h2-8H,10-11H2,1H3. The van der Waals surface area contributed by atoms with Crippen molar-refractivity contribution in [3.8, 4) is 6.07 Å². The molecule has 3 heteroatoms. The zero-order valence-corrected chi connectivity index (χ0v) is 11.5. The first-order valence-corrected chi connectivity index (χ1v) is 7.17. The molecule has 0 aromatic heterocycles. The Morgan fingerprint density at radius 2 is 1.74 bits per heavy atom. The average Bonchev–Trinajstić information content (AvgIpc) is 2.43.